The third-order valence-corrected chi connectivity index (χ3v) is 5.19. The largest absolute Gasteiger partial charge is 0.507 e. The van der Waals surface area contributed by atoms with E-state index < -0.39 is 17.7 Å². The molecule has 1 fully saturated rings. The molecular formula is C25H29NO6. The number of likely N-dealkylation sites (tertiary alicyclic amines) is 1. The summed E-state index contributed by atoms with van der Waals surface area (Å²) in [5, 5.41) is 11.1. The van der Waals surface area contributed by atoms with E-state index in [9.17, 15) is 14.7 Å². The summed E-state index contributed by atoms with van der Waals surface area (Å²) in [5.41, 5.74) is 1.18. The molecule has 3 rings (SSSR count). The summed E-state index contributed by atoms with van der Waals surface area (Å²) in [6.45, 7) is 6.71. The number of amides is 1. The van der Waals surface area contributed by atoms with Crippen LogP contribution in [0.25, 0.3) is 5.76 Å². The molecule has 1 amide bonds. The van der Waals surface area contributed by atoms with Crippen molar-refractivity contribution < 1.29 is 28.9 Å². The van der Waals surface area contributed by atoms with Crippen molar-refractivity contribution in [3.8, 4) is 11.5 Å². The standard InChI is InChI=1S/C25H29NO6/c1-5-31-20-12-8-18(9-13-20)23(27)21-22(17-6-10-19(30-4)11-7-17)26(25(29)24(21)28)14-15-32-16(2)3/h6-13,16,22,27H,5,14-15H2,1-4H3/b23-21-. The van der Waals surface area contributed by atoms with E-state index in [2.05, 4.69) is 0 Å². The van der Waals surface area contributed by atoms with Crippen molar-refractivity contribution in [3.63, 3.8) is 0 Å². The summed E-state index contributed by atoms with van der Waals surface area (Å²) >= 11 is 0. The maximum absolute atomic E-state index is 13.0. The SMILES string of the molecule is CCOc1ccc(/C(O)=C2/C(=O)C(=O)N(CCOC(C)C)C2c2ccc(OC)cc2)cc1. The Morgan fingerprint density at radius 2 is 1.66 bits per heavy atom. The van der Waals surface area contributed by atoms with Crippen LogP contribution in [-0.4, -0.2) is 54.7 Å². The molecule has 170 valence electrons. The average Bonchev–Trinajstić information content (AvgIpc) is 3.04. The minimum Gasteiger partial charge on any atom is -0.507 e. The monoisotopic (exact) mass is 439 g/mol. The Bertz CT molecular complexity index is 978. The lowest BCUT2D eigenvalue weighted by atomic mass is 9.95. The fourth-order valence-corrected chi connectivity index (χ4v) is 3.66. The summed E-state index contributed by atoms with van der Waals surface area (Å²) in [6, 6.07) is 13.1. The summed E-state index contributed by atoms with van der Waals surface area (Å²) in [4.78, 5) is 27.4. The summed E-state index contributed by atoms with van der Waals surface area (Å²) < 4.78 is 16.3. The van der Waals surface area contributed by atoms with Crippen LogP contribution in [0.2, 0.25) is 0 Å². The normalized spacial score (nSPS) is 17.8. The van der Waals surface area contributed by atoms with Gasteiger partial charge >= 0.3 is 0 Å². The first-order valence-corrected chi connectivity index (χ1v) is 10.6. The maximum atomic E-state index is 13.0. The highest BCUT2D eigenvalue weighted by Gasteiger charge is 2.45. The molecule has 0 aromatic heterocycles. The highest BCUT2D eigenvalue weighted by Crippen LogP contribution is 2.39. The zero-order valence-corrected chi connectivity index (χ0v) is 18.8. The van der Waals surface area contributed by atoms with Crippen LogP contribution in [0.3, 0.4) is 0 Å². The van der Waals surface area contributed by atoms with Crippen LogP contribution in [0.4, 0.5) is 0 Å². The zero-order chi connectivity index (χ0) is 23.3. The first kappa shape index (κ1) is 23.3. The Kier molecular flexibility index (Phi) is 7.53. The van der Waals surface area contributed by atoms with E-state index in [-0.39, 0.29) is 30.6 Å². The van der Waals surface area contributed by atoms with Gasteiger partial charge in [0.1, 0.15) is 17.3 Å². The molecule has 0 saturated carbocycles. The third-order valence-electron chi connectivity index (χ3n) is 5.19. The molecule has 1 aliphatic rings. The second-order valence-electron chi connectivity index (χ2n) is 7.64. The maximum Gasteiger partial charge on any atom is 0.295 e. The molecule has 1 unspecified atom stereocenters. The zero-order valence-electron chi connectivity index (χ0n) is 18.8. The Labute approximate surface area is 188 Å². The van der Waals surface area contributed by atoms with E-state index in [1.807, 2.05) is 20.8 Å². The molecule has 32 heavy (non-hydrogen) atoms. The lowest BCUT2D eigenvalue weighted by Crippen LogP contribution is -2.33. The number of hydrogen-bond acceptors (Lipinski definition) is 6. The first-order chi connectivity index (χ1) is 15.4. The third kappa shape index (κ3) is 4.94. The van der Waals surface area contributed by atoms with E-state index >= 15 is 0 Å². The quantitative estimate of drug-likeness (QED) is 0.362. The van der Waals surface area contributed by atoms with Crippen molar-refractivity contribution in [1.29, 1.82) is 0 Å². The van der Waals surface area contributed by atoms with Crippen molar-refractivity contribution in [2.45, 2.75) is 32.9 Å². The molecule has 7 nitrogen and oxygen atoms in total. The van der Waals surface area contributed by atoms with Crippen LogP contribution in [-0.2, 0) is 14.3 Å². The number of Topliss-reactive ketones (excluding diaryl/α,β-unsaturated/α-hetero) is 1. The number of benzene rings is 2. The molecular weight excluding hydrogens is 410 g/mol. The minimum absolute atomic E-state index is 0.00453. The van der Waals surface area contributed by atoms with E-state index in [1.165, 1.54) is 4.90 Å². The second kappa shape index (κ2) is 10.3. The predicted octanol–water partition coefficient (Wildman–Crippen LogP) is 3.94. The fourth-order valence-electron chi connectivity index (χ4n) is 3.66. The predicted molar refractivity (Wildman–Crippen MR) is 121 cm³/mol. The molecule has 2 aromatic rings. The number of ketones is 1. The van der Waals surface area contributed by atoms with Gasteiger partial charge in [0.15, 0.2) is 0 Å². The molecule has 1 N–H and O–H groups in total. The van der Waals surface area contributed by atoms with Gasteiger partial charge < -0.3 is 24.2 Å². The van der Waals surface area contributed by atoms with Gasteiger partial charge in [0.05, 0.1) is 38.0 Å². The van der Waals surface area contributed by atoms with Crippen LogP contribution in [0, 0.1) is 0 Å². The number of carbonyl (C=O) groups excluding carboxylic acids is 2. The molecule has 0 bridgehead atoms. The minimum atomic E-state index is -0.733. The number of nitrogens with zero attached hydrogens (tertiary/aromatic N) is 1. The molecule has 0 aliphatic carbocycles. The topological polar surface area (TPSA) is 85.3 Å². The van der Waals surface area contributed by atoms with Crippen molar-refractivity contribution in [2.24, 2.45) is 0 Å². The van der Waals surface area contributed by atoms with E-state index in [1.54, 1.807) is 55.6 Å². The molecule has 1 aliphatic heterocycles. The Hall–Kier alpha value is -3.32. The van der Waals surface area contributed by atoms with E-state index in [4.69, 9.17) is 14.2 Å². The Morgan fingerprint density at radius 1 is 1.03 bits per heavy atom. The number of ether oxygens (including phenoxy) is 3. The van der Waals surface area contributed by atoms with Gasteiger partial charge in [-0.05, 0) is 62.7 Å². The van der Waals surface area contributed by atoms with Crippen LogP contribution in [0.5, 0.6) is 11.5 Å². The van der Waals surface area contributed by atoms with Gasteiger partial charge in [-0.3, -0.25) is 9.59 Å². The number of hydrogen-bond donors (Lipinski definition) is 1. The Balaban J connectivity index is 2.04. The van der Waals surface area contributed by atoms with Gasteiger partial charge in [-0.2, -0.15) is 0 Å². The van der Waals surface area contributed by atoms with Gasteiger partial charge in [-0.15, -0.1) is 0 Å². The average molecular weight is 440 g/mol. The fraction of sp³-hybridized carbons (Fsp3) is 0.360. The van der Waals surface area contributed by atoms with Crippen molar-refractivity contribution in [3.05, 3.63) is 65.2 Å². The lowest BCUT2D eigenvalue weighted by molar-refractivity contribution is -0.140. The summed E-state index contributed by atoms with van der Waals surface area (Å²) in [5.74, 6) is -0.297. The molecule has 7 heteroatoms. The number of aliphatic hydroxyl groups is 1. The second-order valence-corrected chi connectivity index (χ2v) is 7.64. The van der Waals surface area contributed by atoms with Gasteiger partial charge in [0, 0.05) is 12.1 Å². The van der Waals surface area contributed by atoms with E-state index in [0.29, 0.717) is 29.2 Å². The highest BCUT2D eigenvalue weighted by molar-refractivity contribution is 6.46. The van der Waals surface area contributed by atoms with Crippen molar-refractivity contribution in [2.75, 3.05) is 26.9 Å². The lowest BCUT2D eigenvalue weighted by Gasteiger charge is -2.25. The first-order valence-electron chi connectivity index (χ1n) is 10.6. The summed E-state index contributed by atoms with van der Waals surface area (Å²) in [7, 11) is 1.57. The molecule has 2 aromatic carbocycles. The van der Waals surface area contributed by atoms with Gasteiger partial charge in [0.2, 0.25) is 0 Å². The van der Waals surface area contributed by atoms with Gasteiger partial charge in [0.25, 0.3) is 11.7 Å². The number of methoxy groups -OCH3 is 1. The number of carbonyl (C=O) groups is 2. The van der Waals surface area contributed by atoms with Gasteiger partial charge in [-0.1, -0.05) is 12.1 Å². The molecule has 1 saturated heterocycles. The molecule has 0 radical (unpaired) electrons. The van der Waals surface area contributed by atoms with Crippen LogP contribution in [0.15, 0.2) is 54.1 Å². The number of aliphatic hydroxyl groups excluding tert-OH is 1. The van der Waals surface area contributed by atoms with Crippen LogP contribution < -0.4 is 9.47 Å². The van der Waals surface area contributed by atoms with Crippen LogP contribution >= 0.6 is 0 Å². The van der Waals surface area contributed by atoms with Crippen molar-refractivity contribution in [1.82, 2.24) is 4.90 Å². The highest BCUT2D eigenvalue weighted by atomic mass is 16.5. The molecule has 1 heterocycles. The van der Waals surface area contributed by atoms with Crippen LogP contribution in [0.1, 0.15) is 37.9 Å². The summed E-state index contributed by atoms with van der Waals surface area (Å²) in [6.07, 6.45) is -0.00453. The van der Waals surface area contributed by atoms with E-state index in [0.717, 1.165) is 0 Å². The molecule has 0 spiro atoms. The molecule has 1 atom stereocenters. The van der Waals surface area contributed by atoms with Crippen molar-refractivity contribution >= 4 is 17.4 Å². The van der Waals surface area contributed by atoms with Gasteiger partial charge in [-0.25, -0.2) is 0 Å². The smallest absolute Gasteiger partial charge is 0.295 e. The number of rotatable bonds is 9. The Morgan fingerprint density at radius 3 is 2.22 bits per heavy atom.